The number of amides is 3. The number of carbonyl (C=O) groups is 3. The van der Waals surface area contributed by atoms with Crippen molar-refractivity contribution < 1.29 is 14.4 Å². The molecule has 30 heavy (non-hydrogen) atoms. The zero-order valence-corrected chi connectivity index (χ0v) is 16.5. The van der Waals surface area contributed by atoms with Gasteiger partial charge in [-0.15, -0.1) is 0 Å². The fourth-order valence-electron chi connectivity index (χ4n) is 4.51. The van der Waals surface area contributed by atoms with Gasteiger partial charge in [-0.1, -0.05) is 12.1 Å². The van der Waals surface area contributed by atoms with E-state index in [2.05, 4.69) is 20.3 Å². The largest absolute Gasteiger partial charge is 0.337 e. The van der Waals surface area contributed by atoms with Gasteiger partial charge >= 0.3 is 0 Å². The number of aryl methyl sites for hydroxylation is 1. The van der Waals surface area contributed by atoms with Crippen LogP contribution in [0.25, 0.3) is 0 Å². The summed E-state index contributed by atoms with van der Waals surface area (Å²) in [7, 11) is 0. The van der Waals surface area contributed by atoms with Crippen LogP contribution in [0.4, 0.5) is 5.95 Å². The topological polar surface area (TPSA) is 126 Å². The van der Waals surface area contributed by atoms with Crippen LogP contribution in [0.5, 0.6) is 0 Å². The molecule has 1 aromatic carbocycles. The monoisotopic (exact) mass is 409 g/mol. The number of hydrogen-bond donors (Lipinski definition) is 2. The van der Waals surface area contributed by atoms with Crippen LogP contribution in [0.2, 0.25) is 0 Å². The molecular formula is C20H23N7O3. The van der Waals surface area contributed by atoms with E-state index < -0.39 is 11.9 Å². The third-order valence-electron chi connectivity index (χ3n) is 6.00. The smallest absolute Gasteiger partial charge is 0.255 e. The summed E-state index contributed by atoms with van der Waals surface area (Å²) in [6.07, 6.45) is 1.56. The van der Waals surface area contributed by atoms with E-state index >= 15 is 0 Å². The molecule has 0 aliphatic carbocycles. The highest BCUT2D eigenvalue weighted by molar-refractivity contribution is 6.05. The molecule has 10 heteroatoms. The van der Waals surface area contributed by atoms with Crippen molar-refractivity contribution in [2.24, 2.45) is 5.73 Å². The van der Waals surface area contributed by atoms with Gasteiger partial charge in [0.1, 0.15) is 6.04 Å². The number of carbonyl (C=O) groups excluding carboxylic acids is 3. The number of aromatic nitrogens is 3. The lowest BCUT2D eigenvalue weighted by atomic mass is 10.0. The molecule has 156 valence electrons. The molecule has 1 unspecified atom stereocenters. The average Bonchev–Trinajstić information content (AvgIpc) is 3.31. The van der Waals surface area contributed by atoms with E-state index in [0.717, 1.165) is 36.6 Å². The summed E-state index contributed by atoms with van der Waals surface area (Å²) in [6.45, 7) is 2.92. The van der Waals surface area contributed by atoms with Crippen LogP contribution < -0.4 is 16.0 Å². The molecule has 1 saturated heterocycles. The minimum atomic E-state index is -0.611. The number of imide groups is 1. The predicted molar refractivity (Wildman–Crippen MR) is 106 cm³/mol. The van der Waals surface area contributed by atoms with Crippen molar-refractivity contribution in [3.05, 3.63) is 40.7 Å². The first-order valence-electron chi connectivity index (χ1n) is 10.2. The summed E-state index contributed by atoms with van der Waals surface area (Å²) in [6, 6.07) is 5.08. The second-order valence-corrected chi connectivity index (χ2v) is 7.87. The molecule has 4 heterocycles. The lowest BCUT2D eigenvalue weighted by Crippen LogP contribution is -2.52. The van der Waals surface area contributed by atoms with Gasteiger partial charge < -0.3 is 15.5 Å². The molecule has 3 N–H and O–H groups in total. The van der Waals surface area contributed by atoms with Crippen LogP contribution in [0.1, 0.15) is 46.6 Å². The number of nitrogens with two attached hydrogens (primary N) is 1. The van der Waals surface area contributed by atoms with Gasteiger partial charge in [0, 0.05) is 38.2 Å². The zero-order valence-electron chi connectivity index (χ0n) is 16.5. The van der Waals surface area contributed by atoms with E-state index in [1.165, 1.54) is 0 Å². The van der Waals surface area contributed by atoms with Crippen molar-refractivity contribution in [3.63, 3.8) is 0 Å². The number of hydrogen-bond acceptors (Lipinski definition) is 7. The lowest BCUT2D eigenvalue weighted by Gasteiger charge is -2.30. The van der Waals surface area contributed by atoms with Gasteiger partial charge in [-0.25, -0.2) is 4.68 Å². The van der Waals surface area contributed by atoms with Crippen molar-refractivity contribution in [1.29, 1.82) is 0 Å². The van der Waals surface area contributed by atoms with Crippen LogP contribution in [-0.4, -0.2) is 50.0 Å². The maximum Gasteiger partial charge on any atom is 0.255 e. The molecule has 1 atom stereocenters. The number of nitrogens with zero attached hydrogens (tertiary/aromatic N) is 5. The van der Waals surface area contributed by atoms with Gasteiger partial charge in [-0.3, -0.25) is 19.7 Å². The maximum absolute atomic E-state index is 13.0. The molecule has 3 amide bonds. The van der Waals surface area contributed by atoms with Crippen molar-refractivity contribution >= 4 is 23.7 Å². The molecule has 1 fully saturated rings. The van der Waals surface area contributed by atoms with Gasteiger partial charge in [-0.2, -0.15) is 10.1 Å². The van der Waals surface area contributed by atoms with Crippen LogP contribution in [0, 0.1) is 0 Å². The van der Waals surface area contributed by atoms with E-state index in [1.54, 1.807) is 11.0 Å². The number of benzene rings is 1. The molecule has 0 spiro atoms. The zero-order chi connectivity index (χ0) is 20.8. The van der Waals surface area contributed by atoms with Gasteiger partial charge in [-0.05, 0) is 30.0 Å². The Morgan fingerprint density at radius 1 is 1.20 bits per heavy atom. The lowest BCUT2D eigenvalue weighted by molar-refractivity contribution is -0.136. The van der Waals surface area contributed by atoms with E-state index in [0.29, 0.717) is 37.4 Å². The van der Waals surface area contributed by atoms with Gasteiger partial charge in [0.05, 0.1) is 6.54 Å². The summed E-state index contributed by atoms with van der Waals surface area (Å²) in [5, 5.41) is 6.78. The number of nitrogens with one attached hydrogen (secondary N) is 1. The van der Waals surface area contributed by atoms with Crippen molar-refractivity contribution in [1.82, 2.24) is 25.0 Å². The number of anilines is 1. The van der Waals surface area contributed by atoms with Crippen LogP contribution in [-0.2, 0) is 35.8 Å². The first-order valence-corrected chi connectivity index (χ1v) is 10.2. The summed E-state index contributed by atoms with van der Waals surface area (Å²) < 4.78 is 1.88. The second kappa shape index (κ2) is 7.21. The SMILES string of the molecule is NCc1nc2n(n1)CCCN2Cc1cccc2c1CN(C1CCC(=O)NC1=O)C2=O. The summed E-state index contributed by atoms with van der Waals surface area (Å²) in [5.41, 5.74) is 8.29. The quantitative estimate of drug-likeness (QED) is 0.676. The summed E-state index contributed by atoms with van der Waals surface area (Å²) in [5.74, 6) is 0.577. The van der Waals surface area contributed by atoms with E-state index in [9.17, 15) is 14.4 Å². The molecule has 3 aliphatic heterocycles. The maximum atomic E-state index is 13.0. The fourth-order valence-corrected chi connectivity index (χ4v) is 4.51. The number of fused-ring (bicyclic) bond motifs is 2. The molecule has 5 rings (SSSR count). The first-order chi connectivity index (χ1) is 14.5. The van der Waals surface area contributed by atoms with Gasteiger partial charge in [0.25, 0.3) is 5.91 Å². The van der Waals surface area contributed by atoms with Crippen molar-refractivity contribution in [2.45, 2.75) is 51.5 Å². The highest BCUT2D eigenvalue weighted by atomic mass is 16.2. The van der Waals surface area contributed by atoms with Crippen molar-refractivity contribution in [2.75, 3.05) is 11.4 Å². The average molecular weight is 409 g/mol. The van der Waals surface area contributed by atoms with Crippen LogP contribution in [0.3, 0.4) is 0 Å². The molecule has 0 radical (unpaired) electrons. The summed E-state index contributed by atoms with van der Waals surface area (Å²) in [4.78, 5) is 45.1. The Labute approximate surface area is 173 Å². The van der Waals surface area contributed by atoms with E-state index in [-0.39, 0.29) is 18.2 Å². The standard InChI is InChI=1S/C20H23N7O3/c21-9-16-22-20-25(7-2-8-27(20)24-16)10-12-3-1-4-13-14(12)11-26(19(13)30)15-5-6-17(28)23-18(15)29/h1,3-4,15H,2,5-11,21H2,(H,23,28,29). The second-order valence-electron chi connectivity index (χ2n) is 7.87. The summed E-state index contributed by atoms with van der Waals surface area (Å²) >= 11 is 0. The predicted octanol–water partition coefficient (Wildman–Crippen LogP) is -0.0919. The number of rotatable bonds is 4. The van der Waals surface area contributed by atoms with Crippen LogP contribution in [0.15, 0.2) is 18.2 Å². The molecule has 3 aliphatic rings. The fraction of sp³-hybridized carbons (Fsp3) is 0.450. The third-order valence-corrected chi connectivity index (χ3v) is 6.00. The Kier molecular flexibility index (Phi) is 4.50. The van der Waals surface area contributed by atoms with E-state index in [1.807, 2.05) is 16.8 Å². The molecular weight excluding hydrogens is 386 g/mol. The Bertz CT molecular complexity index is 1050. The number of piperidine rings is 1. The minimum Gasteiger partial charge on any atom is -0.337 e. The highest BCUT2D eigenvalue weighted by Gasteiger charge is 2.40. The minimum absolute atomic E-state index is 0.159. The molecule has 10 nitrogen and oxygen atoms in total. The Balaban J connectivity index is 1.41. The highest BCUT2D eigenvalue weighted by Crippen LogP contribution is 2.31. The molecule has 1 aromatic heterocycles. The van der Waals surface area contributed by atoms with Gasteiger partial charge in [0.15, 0.2) is 5.82 Å². The van der Waals surface area contributed by atoms with Gasteiger partial charge in [0.2, 0.25) is 17.8 Å². The molecule has 0 bridgehead atoms. The van der Waals surface area contributed by atoms with Crippen LogP contribution >= 0.6 is 0 Å². The first kappa shape index (κ1) is 18.7. The van der Waals surface area contributed by atoms with E-state index in [4.69, 9.17) is 5.73 Å². The Morgan fingerprint density at radius 2 is 2.07 bits per heavy atom. The normalized spacial score (nSPS) is 21.0. The Hall–Kier alpha value is -3.27. The molecule has 2 aromatic rings. The third kappa shape index (κ3) is 3.04. The van der Waals surface area contributed by atoms with Crippen molar-refractivity contribution in [3.8, 4) is 0 Å². The molecule has 0 saturated carbocycles. The Morgan fingerprint density at radius 3 is 2.87 bits per heavy atom.